The lowest BCUT2D eigenvalue weighted by Crippen LogP contribution is -2.31. The van der Waals surface area contributed by atoms with Crippen molar-refractivity contribution in [2.45, 2.75) is 39.5 Å². The van der Waals surface area contributed by atoms with Gasteiger partial charge in [-0.15, -0.1) is 0 Å². The van der Waals surface area contributed by atoms with Crippen LogP contribution in [0.3, 0.4) is 0 Å². The molecule has 0 rings (SSSR count). The Hall–Kier alpha value is -0.0500. The molecule has 0 bridgehead atoms. The van der Waals surface area contributed by atoms with E-state index in [9.17, 15) is 4.79 Å². The summed E-state index contributed by atoms with van der Waals surface area (Å²) in [6.45, 7) is 5.90. The molecule has 0 fully saturated rings. The number of hydrogen-bond acceptors (Lipinski definition) is 1. The maximum Gasteiger partial charge on any atom is 0.222 e. The molecule has 0 radical (unpaired) electrons. The molecule has 0 aliphatic rings. The molecule has 0 aromatic carbocycles. The van der Waals surface area contributed by atoms with E-state index in [4.69, 9.17) is 0 Å². The van der Waals surface area contributed by atoms with Gasteiger partial charge in [-0.25, -0.2) is 0 Å². The van der Waals surface area contributed by atoms with E-state index in [0.717, 1.165) is 37.7 Å². The fourth-order valence-corrected chi connectivity index (χ4v) is 1.65. The number of unbranched alkanes of at least 4 members (excludes halogenated alkanes) is 1. The van der Waals surface area contributed by atoms with Gasteiger partial charge in [-0.3, -0.25) is 4.79 Å². The second-order valence-corrected chi connectivity index (χ2v) is 3.91. The van der Waals surface area contributed by atoms with E-state index >= 15 is 0 Å². The van der Waals surface area contributed by atoms with Gasteiger partial charge in [0, 0.05) is 24.8 Å². The molecule has 0 saturated carbocycles. The van der Waals surface area contributed by atoms with E-state index in [0.29, 0.717) is 12.3 Å². The van der Waals surface area contributed by atoms with Crippen LogP contribution in [0, 0.1) is 0 Å². The molecular weight excluding hydrogens is 230 g/mol. The number of nitrogens with zero attached hydrogens (tertiary/aromatic N) is 1. The van der Waals surface area contributed by atoms with Gasteiger partial charge >= 0.3 is 0 Å². The standard InChI is InChI=1S/C10H20BrNO/c1-3-9-12(4-2)10(13)7-5-6-8-11/h3-9H2,1-2H3. The van der Waals surface area contributed by atoms with E-state index < -0.39 is 0 Å². The summed E-state index contributed by atoms with van der Waals surface area (Å²) in [5, 5.41) is 1.00. The zero-order valence-corrected chi connectivity index (χ0v) is 10.3. The fourth-order valence-electron chi connectivity index (χ4n) is 1.26. The number of carbonyl (C=O) groups is 1. The van der Waals surface area contributed by atoms with Gasteiger partial charge in [-0.2, -0.15) is 0 Å². The first-order chi connectivity index (χ1) is 6.26. The summed E-state index contributed by atoms with van der Waals surface area (Å²) in [5.74, 6) is 0.310. The minimum atomic E-state index is 0.310. The van der Waals surface area contributed by atoms with Crippen molar-refractivity contribution in [2.75, 3.05) is 18.4 Å². The molecule has 0 aliphatic heterocycles. The highest BCUT2D eigenvalue weighted by atomic mass is 79.9. The SMILES string of the molecule is CCCN(CC)C(=O)CCCCBr. The average molecular weight is 250 g/mol. The number of hydrogen-bond donors (Lipinski definition) is 0. The molecule has 0 aliphatic carbocycles. The van der Waals surface area contributed by atoms with Crippen molar-refractivity contribution in [1.29, 1.82) is 0 Å². The highest BCUT2D eigenvalue weighted by molar-refractivity contribution is 9.09. The second-order valence-electron chi connectivity index (χ2n) is 3.12. The summed E-state index contributed by atoms with van der Waals surface area (Å²) < 4.78 is 0. The van der Waals surface area contributed by atoms with Crippen LogP contribution in [-0.2, 0) is 4.79 Å². The zero-order chi connectivity index (χ0) is 10.1. The Morgan fingerprint density at radius 2 is 2.00 bits per heavy atom. The summed E-state index contributed by atoms with van der Waals surface area (Å²) in [6.07, 6.45) is 3.86. The van der Waals surface area contributed by atoms with Crippen LogP contribution in [0.2, 0.25) is 0 Å². The van der Waals surface area contributed by atoms with Crippen LogP contribution >= 0.6 is 15.9 Å². The number of amides is 1. The lowest BCUT2D eigenvalue weighted by molar-refractivity contribution is -0.131. The molecule has 13 heavy (non-hydrogen) atoms. The van der Waals surface area contributed by atoms with Crippen molar-refractivity contribution in [3.05, 3.63) is 0 Å². The Labute approximate surface area is 89.8 Å². The van der Waals surface area contributed by atoms with Crippen LogP contribution in [-0.4, -0.2) is 29.2 Å². The van der Waals surface area contributed by atoms with Gasteiger partial charge in [-0.05, 0) is 26.2 Å². The van der Waals surface area contributed by atoms with Crippen molar-refractivity contribution < 1.29 is 4.79 Å². The predicted octanol–water partition coefficient (Wildman–Crippen LogP) is 2.81. The number of carbonyl (C=O) groups excluding carboxylic acids is 1. The second kappa shape index (κ2) is 8.54. The molecule has 0 heterocycles. The average Bonchev–Trinajstić information content (AvgIpc) is 2.14. The first kappa shape index (κ1) is 12.9. The van der Waals surface area contributed by atoms with E-state index in [1.165, 1.54) is 0 Å². The maximum atomic E-state index is 11.5. The molecule has 3 heteroatoms. The molecule has 0 spiro atoms. The van der Waals surface area contributed by atoms with Crippen LogP contribution in [0.4, 0.5) is 0 Å². The summed E-state index contributed by atoms with van der Waals surface area (Å²) >= 11 is 3.36. The van der Waals surface area contributed by atoms with Crippen molar-refractivity contribution >= 4 is 21.8 Å². The van der Waals surface area contributed by atoms with Gasteiger partial charge in [0.2, 0.25) is 5.91 Å². The van der Waals surface area contributed by atoms with E-state index in [1.807, 2.05) is 11.8 Å². The minimum absolute atomic E-state index is 0.310. The molecule has 78 valence electrons. The molecule has 0 N–H and O–H groups in total. The summed E-state index contributed by atoms with van der Waals surface area (Å²) in [7, 11) is 0. The lowest BCUT2D eigenvalue weighted by atomic mass is 10.2. The monoisotopic (exact) mass is 249 g/mol. The van der Waals surface area contributed by atoms with Gasteiger partial charge < -0.3 is 4.90 Å². The Morgan fingerprint density at radius 3 is 2.46 bits per heavy atom. The van der Waals surface area contributed by atoms with Crippen molar-refractivity contribution in [3.8, 4) is 0 Å². The normalized spacial score (nSPS) is 10.1. The van der Waals surface area contributed by atoms with Gasteiger partial charge in [0.25, 0.3) is 0 Å². The van der Waals surface area contributed by atoms with E-state index in [2.05, 4.69) is 22.9 Å². The molecule has 1 amide bonds. The number of alkyl halides is 1. The zero-order valence-electron chi connectivity index (χ0n) is 8.68. The summed E-state index contributed by atoms with van der Waals surface area (Å²) in [4.78, 5) is 13.5. The summed E-state index contributed by atoms with van der Waals surface area (Å²) in [5.41, 5.74) is 0. The first-order valence-electron chi connectivity index (χ1n) is 5.10. The predicted molar refractivity (Wildman–Crippen MR) is 60.2 cm³/mol. The molecule has 0 unspecified atom stereocenters. The number of rotatable bonds is 7. The van der Waals surface area contributed by atoms with Gasteiger partial charge in [0.05, 0.1) is 0 Å². The minimum Gasteiger partial charge on any atom is -0.343 e. The summed E-state index contributed by atoms with van der Waals surface area (Å²) in [6, 6.07) is 0. The quantitative estimate of drug-likeness (QED) is 0.502. The third-order valence-corrected chi connectivity index (χ3v) is 2.56. The van der Waals surface area contributed by atoms with Crippen LogP contribution in [0.25, 0.3) is 0 Å². The smallest absolute Gasteiger partial charge is 0.222 e. The lowest BCUT2D eigenvalue weighted by Gasteiger charge is -2.19. The van der Waals surface area contributed by atoms with Gasteiger partial charge in [-0.1, -0.05) is 22.9 Å². The molecule has 0 aromatic rings. The largest absolute Gasteiger partial charge is 0.343 e. The van der Waals surface area contributed by atoms with Crippen LogP contribution in [0.1, 0.15) is 39.5 Å². The first-order valence-corrected chi connectivity index (χ1v) is 6.22. The Balaban J connectivity index is 3.64. The number of halogens is 1. The molecule has 0 aromatic heterocycles. The highest BCUT2D eigenvalue weighted by Gasteiger charge is 2.08. The van der Waals surface area contributed by atoms with Crippen LogP contribution in [0.5, 0.6) is 0 Å². The maximum absolute atomic E-state index is 11.5. The molecular formula is C10H20BrNO. The molecule has 0 saturated heterocycles. The highest BCUT2D eigenvalue weighted by Crippen LogP contribution is 2.03. The topological polar surface area (TPSA) is 20.3 Å². The fraction of sp³-hybridized carbons (Fsp3) is 0.900. The van der Waals surface area contributed by atoms with Crippen molar-refractivity contribution in [2.24, 2.45) is 0 Å². The van der Waals surface area contributed by atoms with E-state index in [-0.39, 0.29) is 0 Å². The van der Waals surface area contributed by atoms with Gasteiger partial charge in [0.1, 0.15) is 0 Å². The molecule has 0 atom stereocenters. The van der Waals surface area contributed by atoms with Crippen molar-refractivity contribution in [1.82, 2.24) is 4.90 Å². The van der Waals surface area contributed by atoms with Crippen LogP contribution in [0.15, 0.2) is 0 Å². The third kappa shape index (κ3) is 6.08. The third-order valence-electron chi connectivity index (χ3n) is 2.00. The van der Waals surface area contributed by atoms with Crippen molar-refractivity contribution in [3.63, 3.8) is 0 Å². The molecule has 2 nitrogen and oxygen atoms in total. The Bertz CT molecular complexity index is 139. The van der Waals surface area contributed by atoms with Gasteiger partial charge in [0.15, 0.2) is 0 Å². The van der Waals surface area contributed by atoms with E-state index in [1.54, 1.807) is 0 Å². The van der Waals surface area contributed by atoms with Crippen LogP contribution < -0.4 is 0 Å². The Morgan fingerprint density at radius 1 is 1.31 bits per heavy atom. The Kier molecular flexibility index (Phi) is 8.51.